The molecule has 2 amide bonds. The average molecular weight is 368 g/mol. The second-order valence-electron chi connectivity index (χ2n) is 5.43. The van der Waals surface area contributed by atoms with E-state index in [0.29, 0.717) is 17.5 Å². The van der Waals surface area contributed by atoms with Crippen molar-refractivity contribution < 1.29 is 14.3 Å². The molecule has 1 fully saturated rings. The molecule has 0 unspecified atom stereocenters. The molecule has 0 aromatic heterocycles. The summed E-state index contributed by atoms with van der Waals surface area (Å²) in [5.74, 6) is 0.173. The predicted molar refractivity (Wildman–Crippen MR) is 77.9 cm³/mol. The van der Waals surface area contributed by atoms with Crippen LogP contribution in [0.1, 0.15) is 33.6 Å². The van der Waals surface area contributed by atoms with E-state index < -0.39 is 5.60 Å². The average Bonchev–Trinajstić information content (AvgIpc) is 2.26. The van der Waals surface area contributed by atoms with Crippen LogP contribution in [0.2, 0.25) is 0 Å². The fraction of sp³-hybridized carbons (Fsp3) is 0.833. The number of piperidine rings is 1. The molecule has 0 atom stereocenters. The van der Waals surface area contributed by atoms with Gasteiger partial charge in [-0.25, -0.2) is 4.79 Å². The number of alkyl carbamates (subject to hydrolysis) is 1. The summed E-state index contributed by atoms with van der Waals surface area (Å²) in [7, 11) is 0. The molecule has 1 N–H and O–H groups in total. The van der Waals surface area contributed by atoms with Gasteiger partial charge in [-0.3, -0.25) is 4.79 Å². The number of hydrogen-bond acceptors (Lipinski definition) is 3. The van der Waals surface area contributed by atoms with Crippen molar-refractivity contribution in [1.29, 1.82) is 0 Å². The van der Waals surface area contributed by atoms with Gasteiger partial charge in [0.1, 0.15) is 5.60 Å². The van der Waals surface area contributed by atoms with Crippen LogP contribution in [-0.4, -0.2) is 46.1 Å². The summed E-state index contributed by atoms with van der Waals surface area (Å²) in [6.45, 7) is 6.95. The van der Waals surface area contributed by atoms with Crippen LogP contribution in [0.4, 0.5) is 4.79 Å². The summed E-state index contributed by atoms with van der Waals surface area (Å²) in [5.41, 5.74) is -0.470. The van der Waals surface area contributed by atoms with Crippen molar-refractivity contribution in [1.82, 2.24) is 10.2 Å². The van der Waals surface area contributed by atoms with Gasteiger partial charge in [0.25, 0.3) is 0 Å². The van der Waals surface area contributed by atoms with Crippen molar-refractivity contribution in [3.63, 3.8) is 0 Å². The van der Waals surface area contributed by atoms with E-state index in [-0.39, 0.29) is 18.0 Å². The number of carbonyl (C=O) groups excluding carboxylic acids is 2. The summed E-state index contributed by atoms with van der Waals surface area (Å²) >= 11 is 2.07. The summed E-state index contributed by atoms with van der Waals surface area (Å²) in [5, 5.41) is 2.85. The van der Waals surface area contributed by atoms with Crippen LogP contribution in [0.5, 0.6) is 0 Å². The number of ether oxygens (including phenoxy) is 1. The molecule has 1 heterocycles. The van der Waals surface area contributed by atoms with E-state index in [4.69, 9.17) is 4.74 Å². The number of hydrogen-bond donors (Lipinski definition) is 1. The van der Waals surface area contributed by atoms with Crippen LogP contribution in [-0.2, 0) is 9.53 Å². The molecule has 0 aliphatic carbocycles. The molecular formula is C12H21IN2O3. The van der Waals surface area contributed by atoms with Crippen molar-refractivity contribution in [2.45, 2.75) is 45.3 Å². The lowest BCUT2D eigenvalue weighted by Gasteiger charge is -2.32. The van der Waals surface area contributed by atoms with Crippen molar-refractivity contribution in [2.24, 2.45) is 0 Å². The molecule has 0 aromatic rings. The predicted octanol–water partition coefficient (Wildman–Crippen LogP) is 1.94. The third kappa shape index (κ3) is 5.41. The summed E-state index contributed by atoms with van der Waals surface area (Å²) in [4.78, 5) is 24.9. The molecule has 0 spiro atoms. The van der Waals surface area contributed by atoms with Crippen molar-refractivity contribution in [3.05, 3.63) is 0 Å². The lowest BCUT2D eigenvalue weighted by Crippen LogP contribution is -2.47. The van der Waals surface area contributed by atoms with E-state index in [1.807, 2.05) is 25.7 Å². The number of nitrogens with one attached hydrogen (secondary N) is 1. The third-order valence-electron chi connectivity index (χ3n) is 2.68. The number of alkyl halides is 1. The maximum absolute atomic E-state index is 11.6. The van der Waals surface area contributed by atoms with Crippen molar-refractivity contribution in [2.75, 3.05) is 17.5 Å². The lowest BCUT2D eigenvalue weighted by molar-refractivity contribution is -0.129. The first-order chi connectivity index (χ1) is 8.31. The van der Waals surface area contributed by atoms with Gasteiger partial charge in [-0.1, -0.05) is 22.6 Å². The maximum Gasteiger partial charge on any atom is 0.407 e. The van der Waals surface area contributed by atoms with E-state index in [2.05, 4.69) is 27.9 Å². The molecule has 0 bridgehead atoms. The van der Waals surface area contributed by atoms with Gasteiger partial charge in [-0.2, -0.15) is 0 Å². The topological polar surface area (TPSA) is 58.6 Å². The standard InChI is InChI=1S/C12H21IN2O3/c1-12(2,3)18-11(17)14-9-4-6-15(7-5-9)10(16)8-13/h9H,4-8H2,1-3H3,(H,14,17). The highest BCUT2D eigenvalue weighted by Crippen LogP contribution is 2.13. The largest absolute Gasteiger partial charge is 0.444 e. The first kappa shape index (κ1) is 15.5. The fourth-order valence-electron chi connectivity index (χ4n) is 1.83. The Morgan fingerprint density at radius 2 is 1.89 bits per heavy atom. The zero-order chi connectivity index (χ0) is 13.8. The molecule has 1 aliphatic heterocycles. The zero-order valence-electron chi connectivity index (χ0n) is 11.2. The minimum Gasteiger partial charge on any atom is -0.444 e. The van der Waals surface area contributed by atoms with Gasteiger partial charge in [-0.05, 0) is 33.6 Å². The highest BCUT2D eigenvalue weighted by Gasteiger charge is 2.25. The van der Waals surface area contributed by atoms with E-state index >= 15 is 0 Å². The van der Waals surface area contributed by atoms with Gasteiger partial charge in [0.05, 0.1) is 4.43 Å². The number of halogens is 1. The summed E-state index contributed by atoms with van der Waals surface area (Å²) in [6.07, 6.45) is 1.21. The SMILES string of the molecule is CC(C)(C)OC(=O)NC1CCN(C(=O)CI)CC1. The molecule has 1 aliphatic rings. The first-order valence-corrected chi connectivity index (χ1v) is 7.67. The van der Waals surface area contributed by atoms with Crippen LogP contribution in [0.25, 0.3) is 0 Å². The van der Waals surface area contributed by atoms with Crippen molar-refractivity contribution in [3.8, 4) is 0 Å². The van der Waals surface area contributed by atoms with Crippen molar-refractivity contribution >= 4 is 34.6 Å². The minimum absolute atomic E-state index is 0.109. The number of amides is 2. The van der Waals surface area contributed by atoms with E-state index in [1.54, 1.807) is 0 Å². The molecule has 0 aromatic carbocycles. The van der Waals surface area contributed by atoms with Gasteiger partial charge in [-0.15, -0.1) is 0 Å². The lowest BCUT2D eigenvalue weighted by atomic mass is 10.1. The minimum atomic E-state index is -0.470. The van der Waals surface area contributed by atoms with Gasteiger partial charge >= 0.3 is 6.09 Å². The smallest absolute Gasteiger partial charge is 0.407 e. The van der Waals surface area contributed by atoms with Gasteiger partial charge in [0.2, 0.25) is 5.91 Å². The Kier molecular flexibility index (Phi) is 5.68. The Bertz CT molecular complexity index is 307. The maximum atomic E-state index is 11.6. The first-order valence-electron chi connectivity index (χ1n) is 6.15. The van der Waals surface area contributed by atoms with Gasteiger partial charge in [0, 0.05) is 19.1 Å². The highest BCUT2D eigenvalue weighted by molar-refractivity contribution is 14.1. The molecule has 18 heavy (non-hydrogen) atoms. The van der Waals surface area contributed by atoms with E-state index in [1.165, 1.54) is 0 Å². The Morgan fingerprint density at radius 1 is 1.33 bits per heavy atom. The molecule has 6 heteroatoms. The van der Waals surface area contributed by atoms with Gasteiger partial charge in [0.15, 0.2) is 0 Å². The number of rotatable bonds is 2. The van der Waals surface area contributed by atoms with Crippen LogP contribution in [0.15, 0.2) is 0 Å². The number of carbonyl (C=O) groups is 2. The molecule has 104 valence electrons. The van der Waals surface area contributed by atoms with Crippen LogP contribution >= 0.6 is 22.6 Å². The Balaban J connectivity index is 2.31. The second-order valence-corrected chi connectivity index (χ2v) is 6.20. The third-order valence-corrected chi connectivity index (χ3v) is 3.34. The molecule has 1 rings (SSSR count). The summed E-state index contributed by atoms with van der Waals surface area (Å²) < 4.78 is 5.72. The monoisotopic (exact) mass is 368 g/mol. The van der Waals surface area contributed by atoms with E-state index in [0.717, 1.165) is 12.8 Å². The molecule has 1 saturated heterocycles. The Hall–Kier alpha value is -0.530. The van der Waals surface area contributed by atoms with Gasteiger partial charge < -0.3 is 15.0 Å². The Morgan fingerprint density at radius 3 is 2.33 bits per heavy atom. The van der Waals surface area contributed by atoms with Crippen LogP contribution in [0.3, 0.4) is 0 Å². The molecular weight excluding hydrogens is 347 g/mol. The van der Waals surface area contributed by atoms with Crippen LogP contribution in [0, 0.1) is 0 Å². The normalized spacial score (nSPS) is 17.4. The Labute approximate surface area is 122 Å². The fourth-order valence-corrected chi connectivity index (χ4v) is 2.31. The number of likely N-dealkylation sites (tertiary alicyclic amines) is 1. The second kappa shape index (κ2) is 6.58. The summed E-state index contributed by atoms with van der Waals surface area (Å²) in [6, 6.07) is 0.109. The van der Waals surface area contributed by atoms with Crippen LogP contribution < -0.4 is 5.32 Å². The van der Waals surface area contributed by atoms with E-state index in [9.17, 15) is 9.59 Å². The quantitative estimate of drug-likeness (QED) is 0.599. The highest BCUT2D eigenvalue weighted by atomic mass is 127. The molecule has 5 nitrogen and oxygen atoms in total. The molecule has 0 saturated carbocycles. The number of nitrogens with zero attached hydrogens (tertiary/aromatic N) is 1. The molecule has 0 radical (unpaired) electrons. The zero-order valence-corrected chi connectivity index (χ0v) is 13.3.